The molecule has 2 aliphatic rings. The minimum absolute atomic E-state index is 0.0279. The van der Waals surface area contributed by atoms with Gasteiger partial charge >= 0.3 is 0 Å². The van der Waals surface area contributed by atoms with Crippen LogP contribution in [0.15, 0.2) is 0 Å². The third-order valence-electron chi connectivity index (χ3n) is 2.35. The van der Waals surface area contributed by atoms with Gasteiger partial charge in [-0.3, -0.25) is 0 Å². The molecule has 0 spiro atoms. The highest BCUT2D eigenvalue weighted by Crippen LogP contribution is 2.27. The Morgan fingerprint density at radius 3 is 2.73 bits per heavy atom. The summed E-state index contributed by atoms with van der Waals surface area (Å²) >= 11 is 0. The molecule has 0 aromatic heterocycles. The molecule has 0 radical (unpaired) electrons. The number of methoxy groups -OCH3 is 1. The standard InChI is InChI=1S/C7H13NO3/c1-9-5-3-11-6-4(8)2-10-7(5)6/h4-7H,2-3,8H2,1H3/t4-,5+,6?,7?/m0/s1. The first-order valence-electron chi connectivity index (χ1n) is 3.84. The number of hydrogen-bond donors (Lipinski definition) is 1. The highest BCUT2D eigenvalue weighted by molar-refractivity contribution is 4.96. The lowest BCUT2D eigenvalue weighted by atomic mass is 10.1. The molecule has 4 heteroatoms. The number of hydrogen-bond acceptors (Lipinski definition) is 4. The average Bonchev–Trinajstić information content (AvgIpc) is 2.53. The average molecular weight is 159 g/mol. The van der Waals surface area contributed by atoms with Gasteiger partial charge in [-0.05, 0) is 0 Å². The fraction of sp³-hybridized carbons (Fsp3) is 1.00. The topological polar surface area (TPSA) is 53.7 Å². The maximum Gasteiger partial charge on any atom is 0.114 e. The van der Waals surface area contributed by atoms with Crippen molar-refractivity contribution in [1.82, 2.24) is 0 Å². The van der Waals surface area contributed by atoms with E-state index >= 15 is 0 Å². The van der Waals surface area contributed by atoms with E-state index < -0.39 is 0 Å². The van der Waals surface area contributed by atoms with E-state index in [4.69, 9.17) is 19.9 Å². The van der Waals surface area contributed by atoms with Crippen molar-refractivity contribution in [1.29, 1.82) is 0 Å². The van der Waals surface area contributed by atoms with Crippen LogP contribution in [0.5, 0.6) is 0 Å². The van der Waals surface area contributed by atoms with Gasteiger partial charge in [-0.15, -0.1) is 0 Å². The quantitative estimate of drug-likeness (QED) is 0.540. The molecule has 2 fully saturated rings. The van der Waals surface area contributed by atoms with E-state index in [1.165, 1.54) is 0 Å². The van der Waals surface area contributed by atoms with Crippen LogP contribution in [-0.2, 0) is 14.2 Å². The number of nitrogens with two attached hydrogens (primary N) is 1. The van der Waals surface area contributed by atoms with E-state index in [1.54, 1.807) is 7.11 Å². The maximum atomic E-state index is 5.73. The van der Waals surface area contributed by atoms with Crippen LogP contribution in [0.2, 0.25) is 0 Å². The summed E-state index contributed by atoms with van der Waals surface area (Å²) in [5, 5.41) is 0. The lowest BCUT2D eigenvalue weighted by Crippen LogP contribution is -2.36. The van der Waals surface area contributed by atoms with Crippen molar-refractivity contribution in [3.63, 3.8) is 0 Å². The van der Waals surface area contributed by atoms with Crippen LogP contribution in [0, 0.1) is 0 Å². The Balaban J connectivity index is 2.04. The summed E-state index contributed by atoms with van der Waals surface area (Å²) in [5.41, 5.74) is 5.73. The third kappa shape index (κ3) is 1.06. The van der Waals surface area contributed by atoms with Crippen LogP contribution in [-0.4, -0.2) is 44.7 Å². The van der Waals surface area contributed by atoms with Crippen molar-refractivity contribution in [3.05, 3.63) is 0 Å². The minimum Gasteiger partial charge on any atom is -0.376 e. The predicted molar refractivity (Wildman–Crippen MR) is 38.3 cm³/mol. The molecule has 0 aliphatic carbocycles. The predicted octanol–water partition coefficient (Wildman–Crippen LogP) is -0.874. The van der Waals surface area contributed by atoms with Crippen LogP contribution < -0.4 is 5.73 Å². The molecule has 11 heavy (non-hydrogen) atoms. The lowest BCUT2D eigenvalue weighted by molar-refractivity contribution is -0.00777. The molecule has 0 aromatic rings. The summed E-state index contributed by atoms with van der Waals surface area (Å²) in [6.45, 7) is 1.20. The fourth-order valence-electron chi connectivity index (χ4n) is 1.70. The molecule has 64 valence electrons. The number of fused-ring (bicyclic) bond motifs is 1. The largest absolute Gasteiger partial charge is 0.376 e. The van der Waals surface area contributed by atoms with Crippen molar-refractivity contribution >= 4 is 0 Å². The Morgan fingerprint density at radius 1 is 1.27 bits per heavy atom. The number of ether oxygens (including phenoxy) is 3. The number of rotatable bonds is 1. The zero-order chi connectivity index (χ0) is 7.84. The van der Waals surface area contributed by atoms with Gasteiger partial charge in [0, 0.05) is 7.11 Å². The van der Waals surface area contributed by atoms with Crippen molar-refractivity contribution in [3.8, 4) is 0 Å². The van der Waals surface area contributed by atoms with Crippen molar-refractivity contribution in [2.75, 3.05) is 20.3 Å². The van der Waals surface area contributed by atoms with E-state index in [9.17, 15) is 0 Å². The van der Waals surface area contributed by atoms with Crippen LogP contribution in [0.1, 0.15) is 0 Å². The highest BCUT2D eigenvalue weighted by atomic mass is 16.6. The first-order valence-corrected chi connectivity index (χ1v) is 3.84. The van der Waals surface area contributed by atoms with Gasteiger partial charge in [0.1, 0.15) is 18.3 Å². The first-order chi connectivity index (χ1) is 5.33. The normalized spacial score (nSPS) is 49.6. The van der Waals surface area contributed by atoms with Crippen LogP contribution >= 0.6 is 0 Å². The van der Waals surface area contributed by atoms with Crippen LogP contribution in [0.25, 0.3) is 0 Å². The molecule has 4 nitrogen and oxygen atoms in total. The summed E-state index contributed by atoms with van der Waals surface area (Å²) < 4.78 is 16.0. The fourth-order valence-corrected chi connectivity index (χ4v) is 1.70. The van der Waals surface area contributed by atoms with E-state index in [0.717, 1.165) is 0 Å². The van der Waals surface area contributed by atoms with Crippen molar-refractivity contribution in [2.45, 2.75) is 24.4 Å². The smallest absolute Gasteiger partial charge is 0.114 e. The van der Waals surface area contributed by atoms with Gasteiger partial charge in [0.25, 0.3) is 0 Å². The van der Waals surface area contributed by atoms with Crippen molar-refractivity contribution < 1.29 is 14.2 Å². The SMILES string of the molecule is CO[C@@H]1COC2C1OC[C@@H]2N. The van der Waals surface area contributed by atoms with E-state index in [2.05, 4.69) is 0 Å². The zero-order valence-corrected chi connectivity index (χ0v) is 6.53. The highest BCUT2D eigenvalue weighted by Gasteiger charge is 2.46. The molecular formula is C7H13NO3. The Hall–Kier alpha value is -0.160. The third-order valence-corrected chi connectivity index (χ3v) is 2.35. The van der Waals surface area contributed by atoms with E-state index in [-0.39, 0.29) is 24.4 Å². The summed E-state index contributed by atoms with van der Waals surface area (Å²) in [6.07, 6.45) is 0.198. The maximum absolute atomic E-state index is 5.73. The summed E-state index contributed by atoms with van der Waals surface area (Å²) in [7, 11) is 1.67. The molecule has 2 saturated heterocycles. The molecule has 4 atom stereocenters. The minimum atomic E-state index is 0.0279. The molecule has 2 aliphatic heterocycles. The molecule has 2 heterocycles. The van der Waals surface area contributed by atoms with Gasteiger partial charge in [-0.1, -0.05) is 0 Å². The Kier molecular flexibility index (Phi) is 1.85. The van der Waals surface area contributed by atoms with E-state index in [0.29, 0.717) is 13.2 Å². The van der Waals surface area contributed by atoms with Crippen LogP contribution in [0.3, 0.4) is 0 Å². The van der Waals surface area contributed by atoms with Gasteiger partial charge in [-0.2, -0.15) is 0 Å². The monoisotopic (exact) mass is 159 g/mol. The molecule has 2 rings (SSSR count). The molecular weight excluding hydrogens is 146 g/mol. The summed E-state index contributed by atoms with van der Waals surface area (Å²) in [5.74, 6) is 0. The second-order valence-electron chi connectivity index (χ2n) is 3.03. The molecule has 0 amide bonds. The van der Waals surface area contributed by atoms with Gasteiger partial charge < -0.3 is 19.9 Å². The van der Waals surface area contributed by atoms with Gasteiger partial charge in [-0.25, -0.2) is 0 Å². The van der Waals surface area contributed by atoms with Crippen molar-refractivity contribution in [2.24, 2.45) is 5.73 Å². The Labute approximate surface area is 65.6 Å². The second-order valence-corrected chi connectivity index (χ2v) is 3.03. The first kappa shape index (κ1) is 7.49. The Morgan fingerprint density at radius 2 is 2.00 bits per heavy atom. The Bertz CT molecular complexity index is 153. The van der Waals surface area contributed by atoms with E-state index in [1.807, 2.05) is 0 Å². The molecule has 2 N–H and O–H groups in total. The van der Waals surface area contributed by atoms with Gasteiger partial charge in [0.05, 0.1) is 19.3 Å². The molecule has 0 bridgehead atoms. The van der Waals surface area contributed by atoms with Crippen LogP contribution in [0.4, 0.5) is 0 Å². The molecule has 0 saturated carbocycles. The lowest BCUT2D eigenvalue weighted by Gasteiger charge is -2.13. The van der Waals surface area contributed by atoms with Gasteiger partial charge in [0.15, 0.2) is 0 Å². The molecule has 2 unspecified atom stereocenters. The molecule has 0 aromatic carbocycles. The summed E-state index contributed by atoms with van der Waals surface area (Å²) in [6, 6.07) is 0.0279. The van der Waals surface area contributed by atoms with Gasteiger partial charge in [0.2, 0.25) is 0 Å². The summed E-state index contributed by atoms with van der Waals surface area (Å²) in [4.78, 5) is 0. The zero-order valence-electron chi connectivity index (χ0n) is 6.53. The second kappa shape index (κ2) is 2.71.